The van der Waals surface area contributed by atoms with E-state index in [2.05, 4.69) is 32.9 Å². The topological polar surface area (TPSA) is 0 Å². The molecule has 0 aromatic rings. The first-order valence-corrected chi connectivity index (χ1v) is 2.99. The molecule has 61 valence electrons. The molecule has 0 saturated heterocycles. The van der Waals surface area contributed by atoms with Gasteiger partial charge >= 0.3 is 26.2 Å². The maximum absolute atomic E-state index is 3.29. The Balaban J connectivity index is -0.000000213. The van der Waals surface area contributed by atoms with Gasteiger partial charge in [-0.3, -0.25) is 6.08 Å². The molecule has 1 unspecified atom stereocenters. The van der Waals surface area contributed by atoms with Crippen molar-refractivity contribution < 1.29 is 35.6 Å². The first-order valence-electron chi connectivity index (χ1n) is 2.99. The number of halogens is 2. The van der Waals surface area contributed by atoms with Crippen molar-refractivity contribution in [1.29, 1.82) is 0 Å². The van der Waals surface area contributed by atoms with Gasteiger partial charge in [-0.15, -0.1) is 6.92 Å². The summed E-state index contributed by atoms with van der Waals surface area (Å²) >= 11 is 0. The second-order valence-corrected chi connectivity index (χ2v) is 2.41. The van der Waals surface area contributed by atoms with Crippen molar-refractivity contribution in [2.75, 3.05) is 0 Å². The predicted octanol–water partition coefficient (Wildman–Crippen LogP) is -3.66. The Bertz CT molecular complexity index is 143. The minimum Gasteiger partial charge on any atom is -1.00 e. The van der Waals surface area contributed by atoms with E-state index in [0.29, 0.717) is 5.92 Å². The van der Waals surface area contributed by atoms with Gasteiger partial charge in [0, 0.05) is 0 Å². The van der Waals surface area contributed by atoms with Crippen LogP contribution in [0.4, 0.5) is 0 Å². The van der Waals surface area contributed by atoms with Crippen LogP contribution < -0.4 is 9.41 Å². The molecule has 0 amide bonds. The fourth-order valence-electron chi connectivity index (χ4n) is 0.997. The van der Waals surface area contributed by atoms with Crippen LogP contribution in [0.5, 0.6) is 0 Å². The number of hydrogen-bond donors (Lipinski definition) is 0. The van der Waals surface area contributed by atoms with Crippen molar-refractivity contribution in [2.24, 2.45) is 5.92 Å². The van der Waals surface area contributed by atoms with Crippen LogP contribution in [-0.2, 0) is 26.2 Å². The van der Waals surface area contributed by atoms with E-state index in [0.717, 1.165) is 0 Å². The van der Waals surface area contributed by atoms with Gasteiger partial charge in [-0.25, -0.2) is 11.1 Å². The average Bonchev–Trinajstić information content (AvgIpc) is 1.85. The average molecular weight is 236 g/mol. The van der Waals surface area contributed by atoms with E-state index in [1.807, 2.05) is 0 Å². The molecule has 3 heteroatoms. The van der Waals surface area contributed by atoms with E-state index in [4.69, 9.17) is 0 Å². The molecule has 1 aliphatic carbocycles. The molecule has 11 heavy (non-hydrogen) atoms. The van der Waals surface area contributed by atoms with E-state index >= 15 is 0 Å². The van der Waals surface area contributed by atoms with E-state index < -0.39 is 0 Å². The Morgan fingerprint density at radius 1 is 1.27 bits per heavy atom. The van der Waals surface area contributed by atoms with Crippen molar-refractivity contribution in [2.45, 2.75) is 20.8 Å². The van der Waals surface area contributed by atoms with Gasteiger partial charge in [0.25, 0.3) is 0 Å². The molecular weight excluding hydrogens is 225 g/mol. The predicted molar refractivity (Wildman–Crippen MR) is 35.4 cm³/mol. The van der Waals surface area contributed by atoms with E-state index in [9.17, 15) is 0 Å². The van der Waals surface area contributed by atoms with Gasteiger partial charge in [0.05, 0.1) is 0 Å². The van der Waals surface area contributed by atoms with Crippen LogP contribution in [0.15, 0.2) is 17.2 Å². The maximum Gasteiger partial charge on any atom is 3.00 e. The summed E-state index contributed by atoms with van der Waals surface area (Å²) in [7, 11) is 0. The summed E-state index contributed by atoms with van der Waals surface area (Å²) in [5.74, 6) is 0.551. The standard InChI is InChI=1S/C8H11.2FH.Zr/c1-6-4-7(2)8(3)5-6;;;/h4,6H,1-3H3;2*1H;/q-1;;;+3/p-2. The Morgan fingerprint density at radius 2 is 1.73 bits per heavy atom. The third-order valence-electron chi connectivity index (χ3n) is 1.54. The van der Waals surface area contributed by atoms with E-state index in [1.165, 1.54) is 11.1 Å². The van der Waals surface area contributed by atoms with Crippen LogP contribution in [0.1, 0.15) is 20.8 Å². The molecule has 0 bridgehead atoms. The minimum absolute atomic E-state index is 0. The molecule has 0 fully saturated rings. The summed E-state index contributed by atoms with van der Waals surface area (Å²) < 4.78 is 0. The van der Waals surface area contributed by atoms with Gasteiger partial charge in [-0.05, 0) is 0 Å². The van der Waals surface area contributed by atoms with Gasteiger partial charge in [-0.1, -0.05) is 19.8 Å². The first-order chi connectivity index (χ1) is 3.70. The molecule has 1 radical (unpaired) electrons. The van der Waals surface area contributed by atoms with Crippen LogP contribution in [-0.4, -0.2) is 0 Å². The van der Waals surface area contributed by atoms with Crippen LogP contribution >= 0.6 is 0 Å². The molecule has 1 atom stereocenters. The summed E-state index contributed by atoms with van der Waals surface area (Å²) in [6.07, 6.45) is 5.52. The van der Waals surface area contributed by atoms with Crippen LogP contribution in [0.2, 0.25) is 0 Å². The number of rotatable bonds is 0. The summed E-state index contributed by atoms with van der Waals surface area (Å²) in [5.41, 5.74) is 2.70. The molecular formula is C8H11F2Zr. The summed E-state index contributed by atoms with van der Waals surface area (Å²) in [5, 5.41) is 0. The molecule has 0 nitrogen and oxygen atoms in total. The monoisotopic (exact) mass is 235 g/mol. The van der Waals surface area contributed by atoms with Crippen molar-refractivity contribution in [1.82, 2.24) is 0 Å². The van der Waals surface area contributed by atoms with E-state index in [1.54, 1.807) is 0 Å². The van der Waals surface area contributed by atoms with Crippen molar-refractivity contribution in [3.05, 3.63) is 23.3 Å². The second kappa shape index (κ2) is 6.90. The smallest absolute Gasteiger partial charge is 1.00 e. The Hall–Kier alpha value is 0.223. The van der Waals surface area contributed by atoms with Crippen molar-refractivity contribution in [3.63, 3.8) is 0 Å². The van der Waals surface area contributed by atoms with Crippen molar-refractivity contribution >= 4 is 0 Å². The summed E-state index contributed by atoms with van der Waals surface area (Å²) in [6.45, 7) is 6.39. The molecule has 0 heterocycles. The SMILES string of the molecule is CC1=[C-]C(C)C=C1C.[F-].[F-].[Zr+3]. The van der Waals surface area contributed by atoms with Crippen LogP contribution in [0, 0.1) is 12.0 Å². The van der Waals surface area contributed by atoms with E-state index in [-0.39, 0.29) is 35.6 Å². The molecule has 0 saturated carbocycles. The van der Waals surface area contributed by atoms with Gasteiger partial charge in [0.1, 0.15) is 0 Å². The maximum atomic E-state index is 3.29. The molecule has 0 N–H and O–H groups in total. The quantitative estimate of drug-likeness (QED) is 0.380. The largest absolute Gasteiger partial charge is 3.00 e. The molecule has 0 aromatic carbocycles. The van der Waals surface area contributed by atoms with Gasteiger partial charge in [-0.2, -0.15) is 6.08 Å². The minimum atomic E-state index is 0. The zero-order valence-electron chi connectivity index (χ0n) is 6.91. The normalized spacial score (nSPS) is 20.1. The molecule has 1 rings (SSSR count). The van der Waals surface area contributed by atoms with Crippen molar-refractivity contribution in [3.8, 4) is 0 Å². The Morgan fingerprint density at radius 3 is 1.82 bits per heavy atom. The second-order valence-electron chi connectivity index (χ2n) is 2.41. The van der Waals surface area contributed by atoms with Crippen LogP contribution in [0.3, 0.4) is 0 Å². The molecule has 0 spiro atoms. The fraction of sp³-hybridized carbons (Fsp3) is 0.500. The third-order valence-corrected chi connectivity index (χ3v) is 1.54. The number of hydrogen-bond acceptors (Lipinski definition) is 0. The van der Waals surface area contributed by atoms with Gasteiger partial charge in [0.2, 0.25) is 0 Å². The number of allylic oxidation sites excluding steroid dienone is 4. The fourth-order valence-corrected chi connectivity index (χ4v) is 0.997. The summed E-state index contributed by atoms with van der Waals surface area (Å²) in [4.78, 5) is 0. The van der Waals surface area contributed by atoms with Crippen LogP contribution in [0.25, 0.3) is 0 Å². The zero-order valence-corrected chi connectivity index (χ0v) is 9.37. The molecule has 0 aromatic heterocycles. The Labute approximate surface area is 85.6 Å². The van der Waals surface area contributed by atoms with Gasteiger partial charge in [0.15, 0.2) is 0 Å². The zero-order chi connectivity index (χ0) is 6.15. The third kappa shape index (κ3) is 4.63. The molecule has 0 aliphatic heterocycles. The first kappa shape index (κ1) is 17.3. The Kier molecular flexibility index (Phi) is 10.9. The summed E-state index contributed by atoms with van der Waals surface area (Å²) in [6, 6.07) is 0. The molecule has 1 aliphatic rings. The van der Waals surface area contributed by atoms with Gasteiger partial charge < -0.3 is 9.41 Å².